The van der Waals surface area contributed by atoms with E-state index in [1.807, 2.05) is 0 Å². The zero-order chi connectivity index (χ0) is 12.0. The van der Waals surface area contributed by atoms with E-state index in [1.54, 1.807) is 0 Å². The van der Waals surface area contributed by atoms with Gasteiger partial charge >= 0.3 is 0 Å². The van der Waals surface area contributed by atoms with Crippen LogP contribution in [0, 0.1) is 5.92 Å². The van der Waals surface area contributed by atoms with Crippen LogP contribution in [-0.4, -0.2) is 24.7 Å². The largest absolute Gasteiger partial charge is 0.313 e. The highest BCUT2D eigenvalue weighted by atomic mass is 15.0. The van der Waals surface area contributed by atoms with Crippen LogP contribution in [0.2, 0.25) is 0 Å². The van der Waals surface area contributed by atoms with Crippen molar-refractivity contribution in [3.05, 3.63) is 0 Å². The minimum atomic E-state index is 0.246. The number of nitrogens with one attached hydrogen (secondary N) is 2. The van der Waals surface area contributed by atoms with Crippen LogP contribution < -0.4 is 10.6 Å². The molecule has 2 nitrogen and oxygen atoms in total. The molecule has 1 aliphatic rings. The second kappa shape index (κ2) is 6.61. The van der Waals surface area contributed by atoms with Gasteiger partial charge in [-0.15, -0.1) is 0 Å². The highest BCUT2D eigenvalue weighted by Crippen LogP contribution is 2.26. The van der Waals surface area contributed by atoms with E-state index in [1.165, 1.54) is 32.1 Å². The normalized spacial score (nSPS) is 21.0. The molecule has 0 radical (unpaired) electrons. The van der Waals surface area contributed by atoms with Crippen molar-refractivity contribution < 1.29 is 0 Å². The molecule has 96 valence electrons. The van der Waals surface area contributed by atoms with Crippen molar-refractivity contribution in [1.29, 1.82) is 0 Å². The molecule has 1 saturated carbocycles. The van der Waals surface area contributed by atoms with Gasteiger partial charge in [-0.05, 0) is 46.5 Å². The minimum Gasteiger partial charge on any atom is -0.313 e. The molecule has 16 heavy (non-hydrogen) atoms. The minimum absolute atomic E-state index is 0.246. The van der Waals surface area contributed by atoms with Gasteiger partial charge in [-0.1, -0.05) is 19.3 Å². The Kier molecular flexibility index (Phi) is 5.77. The van der Waals surface area contributed by atoms with E-state index >= 15 is 0 Å². The molecule has 0 unspecified atom stereocenters. The first-order chi connectivity index (χ1) is 7.49. The molecule has 1 fully saturated rings. The standard InChI is InChI=1S/C14H30N2/c1-12(13-8-6-5-7-9-13)15-10-11-16-14(2,3)4/h12-13,15-16H,5-11H2,1-4H3/t12-/m1/s1. The molecule has 1 atom stereocenters. The summed E-state index contributed by atoms with van der Waals surface area (Å²) in [6.07, 6.45) is 7.20. The molecule has 1 rings (SSSR count). The van der Waals surface area contributed by atoms with E-state index in [2.05, 4.69) is 38.3 Å². The summed E-state index contributed by atoms with van der Waals surface area (Å²) in [5, 5.41) is 7.18. The topological polar surface area (TPSA) is 24.1 Å². The highest BCUT2D eigenvalue weighted by Gasteiger charge is 2.19. The fourth-order valence-electron chi connectivity index (χ4n) is 2.54. The number of hydrogen-bond acceptors (Lipinski definition) is 2. The van der Waals surface area contributed by atoms with Crippen molar-refractivity contribution in [2.24, 2.45) is 5.92 Å². The van der Waals surface area contributed by atoms with Crippen molar-refractivity contribution in [3.63, 3.8) is 0 Å². The summed E-state index contributed by atoms with van der Waals surface area (Å²) >= 11 is 0. The molecule has 1 aliphatic carbocycles. The van der Waals surface area contributed by atoms with Gasteiger partial charge in [0.2, 0.25) is 0 Å². The molecular weight excluding hydrogens is 196 g/mol. The summed E-state index contributed by atoms with van der Waals surface area (Å²) in [7, 11) is 0. The zero-order valence-electron chi connectivity index (χ0n) is 11.6. The van der Waals surface area contributed by atoms with Gasteiger partial charge in [0.05, 0.1) is 0 Å². The summed E-state index contributed by atoms with van der Waals surface area (Å²) in [4.78, 5) is 0. The third kappa shape index (κ3) is 5.86. The van der Waals surface area contributed by atoms with Gasteiger partial charge in [-0.3, -0.25) is 0 Å². The predicted molar refractivity (Wildman–Crippen MR) is 71.8 cm³/mol. The quantitative estimate of drug-likeness (QED) is 0.704. The van der Waals surface area contributed by atoms with E-state index in [0.717, 1.165) is 19.0 Å². The van der Waals surface area contributed by atoms with Gasteiger partial charge in [-0.25, -0.2) is 0 Å². The maximum atomic E-state index is 3.66. The smallest absolute Gasteiger partial charge is 0.00970 e. The first kappa shape index (κ1) is 14.0. The predicted octanol–water partition coefficient (Wildman–Crippen LogP) is 2.93. The Morgan fingerprint density at radius 3 is 2.25 bits per heavy atom. The molecule has 0 saturated heterocycles. The molecule has 0 aromatic rings. The van der Waals surface area contributed by atoms with E-state index in [0.29, 0.717) is 6.04 Å². The van der Waals surface area contributed by atoms with Crippen LogP contribution in [0.3, 0.4) is 0 Å². The molecule has 0 aromatic heterocycles. The lowest BCUT2D eigenvalue weighted by molar-refractivity contribution is 0.279. The molecule has 2 N–H and O–H groups in total. The molecule has 0 aromatic carbocycles. The Labute approximate surface area is 102 Å². The zero-order valence-corrected chi connectivity index (χ0v) is 11.6. The van der Waals surface area contributed by atoms with E-state index in [-0.39, 0.29) is 5.54 Å². The third-order valence-electron chi connectivity index (χ3n) is 3.60. The maximum absolute atomic E-state index is 3.66. The van der Waals surface area contributed by atoms with Crippen LogP contribution in [0.5, 0.6) is 0 Å². The first-order valence-electron chi connectivity index (χ1n) is 6.97. The van der Waals surface area contributed by atoms with Crippen LogP contribution in [-0.2, 0) is 0 Å². The lowest BCUT2D eigenvalue weighted by Gasteiger charge is -2.29. The van der Waals surface area contributed by atoms with Crippen LogP contribution in [0.25, 0.3) is 0 Å². The Balaban J connectivity index is 2.07. The van der Waals surface area contributed by atoms with Gasteiger partial charge < -0.3 is 10.6 Å². The van der Waals surface area contributed by atoms with Crippen molar-refractivity contribution in [3.8, 4) is 0 Å². The molecule has 0 heterocycles. The van der Waals surface area contributed by atoms with Crippen LogP contribution in [0.1, 0.15) is 59.8 Å². The Morgan fingerprint density at radius 1 is 1.06 bits per heavy atom. The molecular formula is C14H30N2. The Hall–Kier alpha value is -0.0800. The lowest BCUT2D eigenvalue weighted by atomic mass is 9.84. The monoisotopic (exact) mass is 226 g/mol. The summed E-state index contributed by atoms with van der Waals surface area (Å²) in [5.41, 5.74) is 0.246. The average Bonchev–Trinajstić information content (AvgIpc) is 2.24. The van der Waals surface area contributed by atoms with Crippen LogP contribution in [0.4, 0.5) is 0 Å². The van der Waals surface area contributed by atoms with Crippen molar-refractivity contribution >= 4 is 0 Å². The van der Waals surface area contributed by atoms with Crippen LogP contribution in [0.15, 0.2) is 0 Å². The summed E-state index contributed by atoms with van der Waals surface area (Å²) in [6, 6.07) is 0.696. The summed E-state index contributed by atoms with van der Waals surface area (Å²) in [5.74, 6) is 0.920. The van der Waals surface area contributed by atoms with Crippen molar-refractivity contribution in [1.82, 2.24) is 10.6 Å². The van der Waals surface area contributed by atoms with E-state index < -0.39 is 0 Å². The lowest BCUT2D eigenvalue weighted by Crippen LogP contribution is -2.43. The fourth-order valence-corrected chi connectivity index (χ4v) is 2.54. The summed E-state index contributed by atoms with van der Waals surface area (Å²) in [6.45, 7) is 11.2. The van der Waals surface area contributed by atoms with Gasteiger partial charge in [-0.2, -0.15) is 0 Å². The van der Waals surface area contributed by atoms with Gasteiger partial charge in [0.25, 0.3) is 0 Å². The first-order valence-corrected chi connectivity index (χ1v) is 6.97. The molecule has 2 heteroatoms. The molecule has 0 aliphatic heterocycles. The third-order valence-corrected chi connectivity index (χ3v) is 3.60. The fraction of sp³-hybridized carbons (Fsp3) is 1.00. The molecule has 0 bridgehead atoms. The highest BCUT2D eigenvalue weighted by molar-refractivity contribution is 4.77. The van der Waals surface area contributed by atoms with Gasteiger partial charge in [0.1, 0.15) is 0 Å². The molecule has 0 spiro atoms. The second-order valence-electron chi connectivity index (χ2n) is 6.32. The van der Waals surface area contributed by atoms with Crippen LogP contribution >= 0.6 is 0 Å². The van der Waals surface area contributed by atoms with Gasteiger partial charge in [0, 0.05) is 24.7 Å². The van der Waals surface area contributed by atoms with E-state index in [9.17, 15) is 0 Å². The number of hydrogen-bond donors (Lipinski definition) is 2. The van der Waals surface area contributed by atoms with Gasteiger partial charge in [0.15, 0.2) is 0 Å². The Bertz CT molecular complexity index is 178. The molecule has 0 amide bonds. The maximum Gasteiger partial charge on any atom is 0.00970 e. The number of rotatable bonds is 5. The van der Waals surface area contributed by atoms with Crippen molar-refractivity contribution in [2.45, 2.75) is 71.4 Å². The SMILES string of the molecule is C[C@@H](NCCNC(C)(C)C)C1CCCCC1. The van der Waals surface area contributed by atoms with Crippen molar-refractivity contribution in [2.75, 3.05) is 13.1 Å². The van der Waals surface area contributed by atoms with E-state index in [4.69, 9.17) is 0 Å². The average molecular weight is 226 g/mol. The summed E-state index contributed by atoms with van der Waals surface area (Å²) < 4.78 is 0. The Morgan fingerprint density at radius 2 is 1.69 bits per heavy atom. The second-order valence-corrected chi connectivity index (χ2v) is 6.32.